The van der Waals surface area contributed by atoms with Crippen molar-refractivity contribution in [3.05, 3.63) is 12.2 Å². The molecule has 0 saturated carbocycles. The Morgan fingerprint density at radius 1 is 1.37 bits per heavy atom. The van der Waals surface area contributed by atoms with Crippen molar-refractivity contribution in [1.82, 2.24) is 20.1 Å². The molecule has 0 amide bonds. The Bertz CT molecular complexity index is 373. The van der Waals surface area contributed by atoms with Crippen LogP contribution in [0.4, 0.5) is 13.2 Å². The lowest BCUT2D eigenvalue weighted by Gasteiger charge is -2.21. The summed E-state index contributed by atoms with van der Waals surface area (Å²) in [6.45, 7) is 6.72. The van der Waals surface area contributed by atoms with Gasteiger partial charge in [-0.15, -0.1) is 0 Å². The van der Waals surface area contributed by atoms with Crippen molar-refractivity contribution in [3.8, 4) is 0 Å². The Hall–Kier alpha value is -1.11. The van der Waals surface area contributed by atoms with Crippen molar-refractivity contribution in [2.45, 2.75) is 52.4 Å². The van der Waals surface area contributed by atoms with E-state index in [1.807, 2.05) is 20.8 Å². The number of halogens is 3. The van der Waals surface area contributed by atoms with Crippen LogP contribution < -0.4 is 5.32 Å². The highest BCUT2D eigenvalue weighted by atomic mass is 19.4. The molecule has 0 fully saturated rings. The summed E-state index contributed by atoms with van der Waals surface area (Å²) >= 11 is 0. The lowest BCUT2D eigenvalue weighted by atomic mass is 10.1. The average molecular weight is 278 g/mol. The van der Waals surface area contributed by atoms with Crippen molar-refractivity contribution in [1.29, 1.82) is 0 Å². The molecule has 0 radical (unpaired) electrons. The molecule has 1 aromatic heterocycles. The molecule has 4 nitrogen and oxygen atoms in total. The number of alkyl halides is 3. The number of aromatic nitrogens is 3. The Labute approximate surface area is 111 Å². The van der Waals surface area contributed by atoms with Gasteiger partial charge in [-0.25, -0.2) is 9.67 Å². The van der Waals surface area contributed by atoms with Crippen molar-refractivity contribution in [3.63, 3.8) is 0 Å². The molecule has 1 N–H and O–H groups in total. The van der Waals surface area contributed by atoms with Crippen molar-refractivity contribution in [2.75, 3.05) is 6.54 Å². The van der Waals surface area contributed by atoms with Gasteiger partial charge in [0.05, 0.1) is 0 Å². The molecule has 0 spiro atoms. The van der Waals surface area contributed by atoms with E-state index >= 15 is 0 Å². The second-order valence-corrected chi connectivity index (χ2v) is 5.00. The van der Waals surface area contributed by atoms with Crippen LogP contribution in [0.2, 0.25) is 0 Å². The van der Waals surface area contributed by atoms with E-state index in [-0.39, 0.29) is 6.42 Å². The molecule has 0 aliphatic rings. The number of nitrogens with one attached hydrogen (secondary N) is 1. The summed E-state index contributed by atoms with van der Waals surface area (Å²) in [6, 6.07) is -1.57. The van der Waals surface area contributed by atoms with Crippen LogP contribution in [0, 0.1) is 5.92 Å². The van der Waals surface area contributed by atoms with Crippen LogP contribution in [-0.2, 0) is 13.0 Å². The lowest BCUT2D eigenvalue weighted by Crippen LogP contribution is -2.44. The average Bonchev–Trinajstić information content (AvgIpc) is 2.69. The molecule has 1 aromatic rings. The fourth-order valence-electron chi connectivity index (χ4n) is 1.75. The first-order valence-corrected chi connectivity index (χ1v) is 6.51. The van der Waals surface area contributed by atoms with Crippen molar-refractivity contribution >= 4 is 0 Å². The molecule has 0 aliphatic carbocycles. The second-order valence-electron chi connectivity index (χ2n) is 5.00. The van der Waals surface area contributed by atoms with E-state index in [0.29, 0.717) is 31.3 Å². The molecule has 1 rings (SSSR count). The fourth-order valence-corrected chi connectivity index (χ4v) is 1.75. The SMILES string of the molecule is CCCNC(Cc1ncnn1CC(C)C)C(F)(F)F. The highest BCUT2D eigenvalue weighted by Gasteiger charge is 2.39. The molecule has 0 saturated heterocycles. The Morgan fingerprint density at radius 2 is 2.05 bits per heavy atom. The highest BCUT2D eigenvalue weighted by molar-refractivity contribution is 4.93. The first-order chi connectivity index (χ1) is 8.84. The van der Waals surface area contributed by atoms with Crippen LogP contribution in [0.15, 0.2) is 6.33 Å². The maximum absolute atomic E-state index is 12.9. The van der Waals surface area contributed by atoms with Gasteiger partial charge in [-0.05, 0) is 18.9 Å². The van der Waals surface area contributed by atoms with Gasteiger partial charge in [0.1, 0.15) is 18.2 Å². The van der Waals surface area contributed by atoms with E-state index in [2.05, 4.69) is 15.4 Å². The van der Waals surface area contributed by atoms with E-state index < -0.39 is 12.2 Å². The highest BCUT2D eigenvalue weighted by Crippen LogP contribution is 2.22. The van der Waals surface area contributed by atoms with E-state index in [9.17, 15) is 13.2 Å². The molecule has 0 bridgehead atoms. The Morgan fingerprint density at radius 3 is 2.58 bits per heavy atom. The largest absolute Gasteiger partial charge is 0.404 e. The lowest BCUT2D eigenvalue weighted by molar-refractivity contribution is -0.155. The minimum Gasteiger partial charge on any atom is -0.306 e. The van der Waals surface area contributed by atoms with Gasteiger partial charge in [0.2, 0.25) is 0 Å². The number of hydrogen-bond donors (Lipinski definition) is 1. The summed E-state index contributed by atoms with van der Waals surface area (Å²) < 4.78 is 40.3. The zero-order chi connectivity index (χ0) is 14.5. The molecule has 1 atom stereocenters. The van der Waals surface area contributed by atoms with E-state index in [4.69, 9.17) is 0 Å². The van der Waals surface area contributed by atoms with Gasteiger partial charge < -0.3 is 5.32 Å². The first kappa shape index (κ1) is 15.9. The second kappa shape index (κ2) is 6.88. The predicted molar refractivity (Wildman–Crippen MR) is 66.7 cm³/mol. The fraction of sp³-hybridized carbons (Fsp3) is 0.833. The quantitative estimate of drug-likeness (QED) is 0.833. The molecule has 0 aromatic carbocycles. The zero-order valence-electron chi connectivity index (χ0n) is 11.5. The summed E-state index contributed by atoms with van der Waals surface area (Å²) in [5.74, 6) is 0.688. The normalized spacial score (nSPS) is 14.1. The number of nitrogens with zero attached hydrogens (tertiary/aromatic N) is 3. The molecule has 0 aliphatic heterocycles. The van der Waals surface area contributed by atoms with Gasteiger partial charge in [-0.1, -0.05) is 20.8 Å². The molecule has 19 heavy (non-hydrogen) atoms. The Kier molecular flexibility index (Phi) is 5.78. The standard InChI is InChI=1S/C12H21F3N4/c1-4-5-16-10(12(13,14)15)6-11-17-8-18-19(11)7-9(2)3/h8-10,16H,4-7H2,1-3H3. The van der Waals surface area contributed by atoms with Gasteiger partial charge in [-0.3, -0.25) is 0 Å². The number of hydrogen-bond acceptors (Lipinski definition) is 3. The summed E-state index contributed by atoms with van der Waals surface area (Å²) in [6.07, 6.45) is -2.49. The van der Waals surface area contributed by atoms with Crippen LogP contribution in [0.3, 0.4) is 0 Å². The summed E-state index contributed by atoms with van der Waals surface area (Å²) in [5.41, 5.74) is 0. The van der Waals surface area contributed by atoms with Crippen molar-refractivity contribution in [2.24, 2.45) is 5.92 Å². The van der Waals surface area contributed by atoms with Crippen LogP contribution in [0.5, 0.6) is 0 Å². The van der Waals surface area contributed by atoms with Gasteiger partial charge in [0, 0.05) is 13.0 Å². The molecule has 7 heteroatoms. The van der Waals surface area contributed by atoms with E-state index in [1.54, 1.807) is 4.68 Å². The molecule has 110 valence electrons. The molecular weight excluding hydrogens is 257 g/mol. The van der Waals surface area contributed by atoms with E-state index in [1.165, 1.54) is 6.33 Å². The minimum absolute atomic E-state index is 0.184. The zero-order valence-corrected chi connectivity index (χ0v) is 11.5. The van der Waals surface area contributed by atoms with Crippen molar-refractivity contribution < 1.29 is 13.2 Å². The topological polar surface area (TPSA) is 42.7 Å². The smallest absolute Gasteiger partial charge is 0.306 e. The maximum Gasteiger partial charge on any atom is 0.404 e. The predicted octanol–water partition coefficient (Wildman–Crippen LogP) is 2.41. The van der Waals surface area contributed by atoms with Gasteiger partial charge in [0.25, 0.3) is 0 Å². The third-order valence-electron chi connectivity index (χ3n) is 2.66. The third-order valence-corrected chi connectivity index (χ3v) is 2.66. The summed E-state index contributed by atoms with van der Waals surface area (Å²) in [4.78, 5) is 3.94. The van der Waals surface area contributed by atoms with Crippen LogP contribution in [0.25, 0.3) is 0 Å². The molecule has 1 unspecified atom stereocenters. The van der Waals surface area contributed by atoms with Crippen LogP contribution >= 0.6 is 0 Å². The third kappa shape index (κ3) is 5.18. The van der Waals surface area contributed by atoms with Crippen LogP contribution in [0.1, 0.15) is 33.0 Å². The van der Waals surface area contributed by atoms with E-state index in [0.717, 1.165) is 0 Å². The van der Waals surface area contributed by atoms with Crippen LogP contribution in [-0.4, -0.2) is 33.5 Å². The van der Waals surface area contributed by atoms with Gasteiger partial charge >= 0.3 is 6.18 Å². The first-order valence-electron chi connectivity index (χ1n) is 6.51. The molecular formula is C12H21F3N4. The summed E-state index contributed by atoms with van der Waals surface area (Å²) in [5, 5.41) is 6.50. The monoisotopic (exact) mass is 278 g/mol. The Balaban J connectivity index is 2.76. The maximum atomic E-state index is 12.9. The molecule has 1 heterocycles. The van der Waals surface area contributed by atoms with Gasteiger partial charge in [-0.2, -0.15) is 18.3 Å². The number of rotatable bonds is 7. The minimum atomic E-state index is -4.27. The summed E-state index contributed by atoms with van der Waals surface area (Å²) in [7, 11) is 0. The van der Waals surface area contributed by atoms with Gasteiger partial charge in [0.15, 0.2) is 0 Å².